The molecule has 0 saturated heterocycles. The summed E-state index contributed by atoms with van der Waals surface area (Å²) in [5, 5.41) is 9.65. The van der Waals surface area contributed by atoms with Gasteiger partial charge in [0.15, 0.2) is 22.1 Å². The van der Waals surface area contributed by atoms with Crippen LogP contribution in [0.25, 0.3) is 22.2 Å². The number of phenolic OH excluding ortho intramolecular Hbond substituents is 1. The van der Waals surface area contributed by atoms with Crippen LogP contribution >= 0.6 is 27.3 Å². The third kappa shape index (κ3) is 2.35. The van der Waals surface area contributed by atoms with E-state index in [0.717, 1.165) is 10.0 Å². The number of benzene rings is 1. The number of thiazole rings is 1. The molecule has 0 aliphatic heterocycles. The van der Waals surface area contributed by atoms with Gasteiger partial charge in [0.1, 0.15) is 5.52 Å². The molecule has 1 aromatic carbocycles. The molecule has 0 spiro atoms. The molecule has 6 nitrogen and oxygen atoms in total. The van der Waals surface area contributed by atoms with Crippen molar-refractivity contribution in [1.29, 1.82) is 0 Å². The quantitative estimate of drug-likeness (QED) is 0.555. The van der Waals surface area contributed by atoms with Crippen molar-refractivity contribution in [1.82, 2.24) is 14.4 Å². The fraction of sp³-hybridized carbons (Fsp3) is 0.0625. The number of methoxy groups -OCH3 is 1. The van der Waals surface area contributed by atoms with E-state index in [-0.39, 0.29) is 11.3 Å². The summed E-state index contributed by atoms with van der Waals surface area (Å²) in [4.78, 5) is 22.0. The van der Waals surface area contributed by atoms with Crippen LogP contribution in [-0.4, -0.2) is 26.6 Å². The predicted molar refractivity (Wildman–Crippen MR) is 95.8 cm³/mol. The van der Waals surface area contributed by atoms with Crippen LogP contribution in [0, 0.1) is 0 Å². The van der Waals surface area contributed by atoms with Gasteiger partial charge in [-0.05, 0) is 45.8 Å². The van der Waals surface area contributed by atoms with E-state index in [1.807, 2.05) is 6.07 Å². The molecule has 0 radical (unpaired) electrons. The van der Waals surface area contributed by atoms with E-state index in [2.05, 4.69) is 25.9 Å². The average Bonchev–Trinajstić information content (AvgIpc) is 3.05. The lowest BCUT2D eigenvalue weighted by atomic mass is 10.2. The van der Waals surface area contributed by atoms with Gasteiger partial charge in [0.05, 0.1) is 11.6 Å². The third-order valence-corrected chi connectivity index (χ3v) is 4.95. The summed E-state index contributed by atoms with van der Waals surface area (Å²) < 4.78 is 7.95. The lowest BCUT2D eigenvalue weighted by molar-refractivity contribution is 0.373. The number of pyridine rings is 1. The van der Waals surface area contributed by atoms with Gasteiger partial charge in [-0.2, -0.15) is 0 Å². The molecule has 0 amide bonds. The van der Waals surface area contributed by atoms with E-state index in [0.29, 0.717) is 26.4 Å². The number of rotatable bonds is 2. The highest BCUT2D eigenvalue weighted by Gasteiger charge is 2.12. The van der Waals surface area contributed by atoms with E-state index in [4.69, 9.17) is 4.74 Å². The maximum absolute atomic E-state index is 12.7. The van der Waals surface area contributed by atoms with Crippen molar-refractivity contribution in [3.8, 4) is 11.5 Å². The maximum Gasteiger partial charge on any atom is 0.276 e. The Labute approximate surface area is 147 Å². The van der Waals surface area contributed by atoms with Crippen LogP contribution in [0.2, 0.25) is 0 Å². The Balaban J connectivity index is 1.94. The molecule has 0 saturated carbocycles. The summed E-state index contributed by atoms with van der Waals surface area (Å²) >= 11 is 4.64. The number of imidazole rings is 1. The number of hydrogen-bond donors (Lipinski definition) is 1. The second kappa shape index (κ2) is 5.57. The molecule has 0 aliphatic carbocycles. The standard InChI is InChI=1S/C16H10BrN3O3S/c1-23-12-4-8(2-3-11(12)21)5-13-15(22)20-14-10(19-16(20)24-13)6-9(17)7-18-14/h2-7,21H,1H3. The van der Waals surface area contributed by atoms with Crippen LogP contribution in [0.1, 0.15) is 5.56 Å². The van der Waals surface area contributed by atoms with Crippen LogP contribution in [-0.2, 0) is 0 Å². The highest BCUT2D eigenvalue weighted by Crippen LogP contribution is 2.26. The summed E-state index contributed by atoms with van der Waals surface area (Å²) in [5.41, 5.74) is 1.80. The number of hydrogen-bond acceptors (Lipinski definition) is 6. The molecule has 0 aliphatic rings. The second-order valence-corrected chi connectivity index (χ2v) is 7.00. The van der Waals surface area contributed by atoms with Gasteiger partial charge in [-0.15, -0.1) is 0 Å². The zero-order chi connectivity index (χ0) is 16.8. The lowest BCUT2D eigenvalue weighted by Gasteiger charge is -2.03. The van der Waals surface area contributed by atoms with Crippen molar-refractivity contribution < 1.29 is 9.84 Å². The van der Waals surface area contributed by atoms with Gasteiger partial charge < -0.3 is 9.84 Å². The Hall–Kier alpha value is -2.45. The SMILES string of the molecule is COc1cc(C=c2sc3nc4cc(Br)cnc4n3c2=O)ccc1O. The van der Waals surface area contributed by atoms with Crippen molar-refractivity contribution in [3.05, 3.63) is 55.4 Å². The van der Waals surface area contributed by atoms with Crippen molar-refractivity contribution >= 4 is 49.5 Å². The van der Waals surface area contributed by atoms with Crippen molar-refractivity contribution in [2.24, 2.45) is 0 Å². The first-order valence-electron chi connectivity index (χ1n) is 6.92. The van der Waals surface area contributed by atoms with Gasteiger partial charge in [0.25, 0.3) is 5.56 Å². The molecule has 0 atom stereocenters. The van der Waals surface area contributed by atoms with Crippen LogP contribution in [0.4, 0.5) is 0 Å². The van der Waals surface area contributed by atoms with E-state index in [9.17, 15) is 9.90 Å². The lowest BCUT2D eigenvalue weighted by Crippen LogP contribution is -2.22. The van der Waals surface area contributed by atoms with Crippen LogP contribution in [0.15, 0.2) is 39.7 Å². The molecule has 0 bridgehead atoms. The summed E-state index contributed by atoms with van der Waals surface area (Å²) in [7, 11) is 1.48. The van der Waals surface area contributed by atoms with Gasteiger partial charge in [-0.25, -0.2) is 14.4 Å². The second-order valence-electron chi connectivity index (χ2n) is 5.07. The fourth-order valence-corrected chi connectivity index (χ4v) is 3.74. The zero-order valence-electron chi connectivity index (χ0n) is 12.4. The van der Waals surface area contributed by atoms with Gasteiger partial charge in [-0.1, -0.05) is 17.4 Å². The minimum absolute atomic E-state index is 0.0544. The molecule has 4 aromatic rings. The first-order chi connectivity index (χ1) is 11.6. The molecule has 8 heteroatoms. The molecule has 3 aromatic heterocycles. The number of phenols is 1. The van der Waals surface area contributed by atoms with E-state index < -0.39 is 0 Å². The van der Waals surface area contributed by atoms with Crippen molar-refractivity contribution in [2.45, 2.75) is 0 Å². The molecule has 1 N–H and O–H groups in total. The van der Waals surface area contributed by atoms with Crippen LogP contribution in [0.3, 0.4) is 0 Å². The number of ether oxygens (including phenoxy) is 1. The average molecular weight is 404 g/mol. The first kappa shape index (κ1) is 15.1. The van der Waals surface area contributed by atoms with Gasteiger partial charge in [0.2, 0.25) is 0 Å². The number of aromatic hydroxyl groups is 1. The summed E-state index contributed by atoms with van der Waals surface area (Å²) in [6, 6.07) is 6.75. The highest BCUT2D eigenvalue weighted by molar-refractivity contribution is 9.10. The molecule has 24 heavy (non-hydrogen) atoms. The Kier molecular flexibility index (Phi) is 3.50. The minimum atomic E-state index is -0.167. The van der Waals surface area contributed by atoms with Crippen LogP contribution < -0.4 is 14.8 Å². The summed E-state index contributed by atoms with van der Waals surface area (Å²) in [6.45, 7) is 0. The Morgan fingerprint density at radius 3 is 3.00 bits per heavy atom. The molecule has 0 fully saturated rings. The summed E-state index contributed by atoms with van der Waals surface area (Å²) in [5.74, 6) is 0.410. The topological polar surface area (TPSA) is 76.7 Å². The van der Waals surface area contributed by atoms with Crippen molar-refractivity contribution in [3.63, 3.8) is 0 Å². The molecule has 120 valence electrons. The van der Waals surface area contributed by atoms with Crippen LogP contribution in [0.5, 0.6) is 11.5 Å². The van der Waals surface area contributed by atoms with Gasteiger partial charge in [-0.3, -0.25) is 4.79 Å². The van der Waals surface area contributed by atoms with E-state index in [1.54, 1.807) is 24.4 Å². The van der Waals surface area contributed by atoms with E-state index in [1.165, 1.54) is 28.9 Å². The normalized spacial score (nSPS) is 12.3. The first-order valence-corrected chi connectivity index (χ1v) is 8.53. The smallest absolute Gasteiger partial charge is 0.276 e. The third-order valence-electron chi connectivity index (χ3n) is 3.55. The minimum Gasteiger partial charge on any atom is -0.504 e. The number of halogens is 1. The number of nitrogens with zero attached hydrogens (tertiary/aromatic N) is 3. The predicted octanol–water partition coefficient (Wildman–Crippen LogP) is 2.33. The zero-order valence-corrected chi connectivity index (χ0v) is 14.8. The largest absolute Gasteiger partial charge is 0.504 e. The molecular weight excluding hydrogens is 394 g/mol. The Morgan fingerprint density at radius 1 is 1.38 bits per heavy atom. The summed E-state index contributed by atoms with van der Waals surface area (Å²) in [6.07, 6.45) is 3.39. The highest BCUT2D eigenvalue weighted by atomic mass is 79.9. The Bertz CT molecular complexity index is 1200. The fourth-order valence-electron chi connectivity index (χ4n) is 2.45. The molecule has 3 heterocycles. The number of aromatic nitrogens is 3. The van der Waals surface area contributed by atoms with E-state index >= 15 is 0 Å². The molecular formula is C16H10BrN3O3S. The van der Waals surface area contributed by atoms with Gasteiger partial charge >= 0.3 is 0 Å². The van der Waals surface area contributed by atoms with Gasteiger partial charge in [0, 0.05) is 10.7 Å². The molecule has 4 rings (SSSR count). The molecule has 0 unspecified atom stereocenters. The maximum atomic E-state index is 12.7. The number of fused-ring (bicyclic) bond motifs is 3. The monoisotopic (exact) mass is 403 g/mol. The Morgan fingerprint density at radius 2 is 2.21 bits per heavy atom. The van der Waals surface area contributed by atoms with Crippen molar-refractivity contribution in [2.75, 3.05) is 7.11 Å².